The predicted molar refractivity (Wildman–Crippen MR) is 78.8 cm³/mol. The minimum Gasteiger partial charge on any atom is -0.384 e. The summed E-state index contributed by atoms with van der Waals surface area (Å²) in [5.41, 5.74) is 0. The highest BCUT2D eigenvalue weighted by Crippen LogP contribution is 2.23. The monoisotopic (exact) mass is 293 g/mol. The topological polar surface area (TPSA) is 49.8 Å². The average Bonchev–Trinajstić information content (AvgIpc) is 2.93. The van der Waals surface area contributed by atoms with Crippen LogP contribution in [-0.2, 0) is 4.74 Å². The van der Waals surface area contributed by atoms with Crippen LogP contribution in [0.4, 0.5) is 0 Å². The maximum Gasteiger partial charge on any atom is 0.264 e. The Balaban J connectivity index is 2.05. The van der Waals surface area contributed by atoms with Crippen LogP contribution in [0.25, 0.3) is 0 Å². The third-order valence-electron chi connectivity index (χ3n) is 3.59. The molecule has 0 radical (unpaired) electrons. The van der Waals surface area contributed by atoms with Gasteiger partial charge in [-0.15, -0.1) is 11.3 Å². The Labute approximate surface area is 123 Å². The molecule has 108 valence electrons. The molecule has 2 rings (SSSR count). The Morgan fingerprint density at radius 1 is 1.60 bits per heavy atom. The van der Waals surface area contributed by atoms with Crippen LogP contribution in [0.3, 0.4) is 0 Å². The van der Waals surface area contributed by atoms with Crippen LogP contribution in [0.1, 0.15) is 27.9 Å². The molecule has 20 heavy (non-hydrogen) atoms. The lowest BCUT2D eigenvalue weighted by atomic mass is 9.96. The largest absolute Gasteiger partial charge is 0.384 e. The SMILES string of the molecule is COC1CN(C(=O)c2ccc(C#CCO)s2)CCC1C. The van der Waals surface area contributed by atoms with Crippen molar-refractivity contribution in [1.29, 1.82) is 0 Å². The summed E-state index contributed by atoms with van der Waals surface area (Å²) in [7, 11) is 1.70. The molecule has 2 atom stereocenters. The van der Waals surface area contributed by atoms with Gasteiger partial charge in [0.2, 0.25) is 0 Å². The van der Waals surface area contributed by atoms with E-state index >= 15 is 0 Å². The molecule has 0 aliphatic carbocycles. The number of hydrogen-bond acceptors (Lipinski definition) is 4. The Morgan fingerprint density at radius 2 is 2.40 bits per heavy atom. The molecule has 4 nitrogen and oxygen atoms in total. The van der Waals surface area contributed by atoms with E-state index in [0.29, 0.717) is 17.3 Å². The highest BCUT2D eigenvalue weighted by molar-refractivity contribution is 7.14. The van der Waals surface area contributed by atoms with E-state index < -0.39 is 0 Å². The molecule has 1 aromatic rings. The molecule has 1 N–H and O–H groups in total. The van der Waals surface area contributed by atoms with Gasteiger partial charge in [-0.3, -0.25) is 4.79 Å². The zero-order valence-electron chi connectivity index (χ0n) is 11.8. The summed E-state index contributed by atoms with van der Waals surface area (Å²) < 4.78 is 5.44. The number of ether oxygens (including phenoxy) is 1. The van der Waals surface area contributed by atoms with Crippen molar-refractivity contribution in [2.75, 3.05) is 26.8 Å². The summed E-state index contributed by atoms with van der Waals surface area (Å²) in [5.74, 6) is 5.94. The van der Waals surface area contributed by atoms with Crippen molar-refractivity contribution in [3.05, 3.63) is 21.9 Å². The molecular formula is C15H19NO3S. The molecule has 0 saturated carbocycles. The van der Waals surface area contributed by atoms with Crippen molar-refractivity contribution in [2.24, 2.45) is 5.92 Å². The van der Waals surface area contributed by atoms with Gasteiger partial charge in [0.05, 0.1) is 15.9 Å². The first-order valence-corrected chi connectivity index (χ1v) is 7.49. The van der Waals surface area contributed by atoms with Gasteiger partial charge in [-0.05, 0) is 24.5 Å². The smallest absolute Gasteiger partial charge is 0.264 e. The summed E-state index contributed by atoms with van der Waals surface area (Å²) in [6.45, 7) is 3.41. The Morgan fingerprint density at radius 3 is 3.10 bits per heavy atom. The fourth-order valence-corrected chi connectivity index (χ4v) is 3.18. The number of nitrogens with zero attached hydrogens (tertiary/aromatic N) is 1. The number of hydrogen-bond donors (Lipinski definition) is 1. The van der Waals surface area contributed by atoms with Gasteiger partial charge in [0.1, 0.15) is 6.61 Å². The summed E-state index contributed by atoms with van der Waals surface area (Å²) in [5, 5.41) is 8.67. The zero-order valence-corrected chi connectivity index (χ0v) is 12.6. The summed E-state index contributed by atoms with van der Waals surface area (Å²) in [4.78, 5) is 15.8. The number of amides is 1. The van der Waals surface area contributed by atoms with Gasteiger partial charge >= 0.3 is 0 Å². The molecule has 0 aromatic carbocycles. The van der Waals surface area contributed by atoms with Gasteiger partial charge in [-0.25, -0.2) is 0 Å². The maximum absolute atomic E-state index is 12.4. The van der Waals surface area contributed by atoms with E-state index in [1.165, 1.54) is 11.3 Å². The van der Waals surface area contributed by atoms with E-state index in [1.807, 2.05) is 11.0 Å². The predicted octanol–water partition coefficient (Wildman–Crippen LogP) is 1.59. The van der Waals surface area contributed by atoms with Crippen molar-refractivity contribution in [3.63, 3.8) is 0 Å². The van der Waals surface area contributed by atoms with Crippen molar-refractivity contribution in [1.82, 2.24) is 4.90 Å². The van der Waals surface area contributed by atoms with E-state index in [-0.39, 0.29) is 18.6 Å². The summed E-state index contributed by atoms with van der Waals surface area (Å²) in [6, 6.07) is 3.62. The zero-order chi connectivity index (χ0) is 14.5. The number of thiophene rings is 1. The van der Waals surface area contributed by atoms with Crippen LogP contribution >= 0.6 is 11.3 Å². The van der Waals surface area contributed by atoms with Gasteiger partial charge < -0.3 is 14.7 Å². The quantitative estimate of drug-likeness (QED) is 0.843. The second-order valence-electron chi connectivity index (χ2n) is 4.92. The standard InChI is InChI=1S/C15H19NO3S/c1-11-7-8-16(10-13(11)19-2)15(18)14-6-5-12(20-14)4-3-9-17/h5-6,11,13,17H,7-10H2,1-2H3. The molecule has 2 unspecified atom stereocenters. The van der Waals surface area contributed by atoms with Gasteiger partial charge in [0.15, 0.2) is 0 Å². The summed E-state index contributed by atoms with van der Waals surface area (Å²) >= 11 is 1.37. The number of piperidine rings is 1. The first-order chi connectivity index (χ1) is 9.65. The van der Waals surface area contributed by atoms with Crippen molar-refractivity contribution >= 4 is 17.2 Å². The average molecular weight is 293 g/mol. The highest BCUT2D eigenvalue weighted by atomic mass is 32.1. The first-order valence-electron chi connectivity index (χ1n) is 6.67. The molecule has 1 saturated heterocycles. The summed E-state index contributed by atoms with van der Waals surface area (Å²) in [6.07, 6.45) is 1.08. The lowest BCUT2D eigenvalue weighted by Gasteiger charge is -2.36. The first kappa shape index (κ1) is 15.0. The van der Waals surface area contributed by atoms with E-state index in [4.69, 9.17) is 9.84 Å². The van der Waals surface area contributed by atoms with Gasteiger partial charge in [0, 0.05) is 20.2 Å². The second kappa shape index (κ2) is 6.89. The van der Waals surface area contributed by atoms with E-state index in [1.54, 1.807) is 13.2 Å². The van der Waals surface area contributed by atoms with Crippen LogP contribution in [-0.4, -0.2) is 48.8 Å². The van der Waals surface area contributed by atoms with E-state index in [2.05, 4.69) is 18.8 Å². The third-order valence-corrected chi connectivity index (χ3v) is 4.58. The normalized spacial score (nSPS) is 22.2. The van der Waals surface area contributed by atoms with Crippen molar-refractivity contribution < 1.29 is 14.6 Å². The van der Waals surface area contributed by atoms with E-state index in [0.717, 1.165) is 17.8 Å². The molecule has 1 aliphatic heterocycles. The highest BCUT2D eigenvalue weighted by Gasteiger charge is 2.29. The number of likely N-dealkylation sites (tertiary alicyclic amines) is 1. The van der Waals surface area contributed by atoms with E-state index in [9.17, 15) is 4.79 Å². The fraction of sp³-hybridized carbons (Fsp3) is 0.533. The fourth-order valence-electron chi connectivity index (χ4n) is 2.33. The number of aliphatic hydroxyl groups excluding tert-OH is 1. The van der Waals surface area contributed by atoms with Crippen molar-refractivity contribution in [2.45, 2.75) is 19.4 Å². The number of carbonyl (C=O) groups excluding carboxylic acids is 1. The van der Waals surface area contributed by atoms with Crippen molar-refractivity contribution in [3.8, 4) is 11.8 Å². The van der Waals surface area contributed by atoms with Gasteiger partial charge in [-0.1, -0.05) is 18.8 Å². The molecule has 2 heterocycles. The lowest BCUT2D eigenvalue weighted by molar-refractivity contribution is -0.00138. The number of methoxy groups -OCH3 is 1. The van der Waals surface area contributed by atoms with Crippen LogP contribution in [0.15, 0.2) is 12.1 Å². The van der Waals surface area contributed by atoms with Gasteiger partial charge in [-0.2, -0.15) is 0 Å². The molecule has 0 bridgehead atoms. The third kappa shape index (κ3) is 3.40. The van der Waals surface area contributed by atoms with Gasteiger partial charge in [0.25, 0.3) is 5.91 Å². The second-order valence-corrected chi connectivity index (χ2v) is 6.00. The Hall–Kier alpha value is -1.35. The molecular weight excluding hydrogens is 274 g/mol. The Bertz CT molecular complexity index is 529. The molecule has 1 fully saturated rings. The van der Waals surface area contributed by atoms with Crippen LogP contribution in [0.2, 0.25) is 0 Å². The molecule has 0 spiro atoms. The molecule has 1 aromatic heterocycles. The number of carbonyl (C=O) groups is 1. The van der Waals surface area contributed by atoms with Crippen LogP contribution in [0, 0.1) is 17.8 Å². The van der Waals surface area contributed by atoms with Crippen LogP contribution < -0.4 is 0 Å². The Kier molecular flexibility index (Phi) is 5.18. The lowest BCUT2D eigenvalue weighted by Crippen LogP contribution is -2.46. The maximum atomic E-state index is 12.4. The molecule has 5 heteroatoms. The number of rotatable bonds is 2. The minimum absolute atomic E-state index is 0.0426. The molecule has 1 aliphatic rings. The minimum atomic E-state index is -0.166. The molecule has 1 amide bonds. The van der Waals surface area contributed by atoms with Crippen LogP contribution in [0.5, 0.6) is 0 Å². The number of aliphatic hydroxyl groups is 1.